The number of benzene rings is 2. The normalized spacial score (nSPS) is 10.8. The molecule has 0 radical (unpaired) electrons. The van der Waals surface area contributed by atoms with Crippen LogP contribution in [0.3, 0.4) is 0 Å². The van der Waals surface area contributed by atoms with Crippen molar-refractivity contribution >= 4 is 16.7 Å². The van der Waals surface area contributed by atoms with Crippen LogP contribution in [0.15, 0.2) is 59.0 Å². The van der Waals surface area contributed by atoms with E-state index in [1.807, 2.05) is 36.4 Å². The molecule has 1 aromatic heterocycles. The third-order valence-corrected chi connectivity index (χ3v) is 4.16. The van der Waals surface area contributed by atoms with E-state index in [1.54, 1.807) is 31.2 Å². The fourth-order valence-electron chi connectivity index (χ4n) is 2.72. The zero-order chi connectivity index (χ0) is 18.4. The molecule has 136 valence electrons. The monoisotopic (exact) mass is 353 g/mol. The SMILES string of the molecule is COCCCN(C)C(=O)c1ccc(COc2ccc3ccccc3c2)o1. The Morgan fingerprint density at radius 1 is 1.08 bits per heavy atom. The van der Waals surface area contributed by atoms with Crippen LogP contribution in [-0.2, 0) is 11.3 Å². The second kappa shape index (κ2) is 8.54. The minimum absolute atomic E-state index is 0.141. The van der Waals surface area contributed by atoms with Crippen LogP contribution in [0.5, 0.6) is 5.75 Å². The third kappa shape index (κ3) is 4.43. The van der Waals surface area contributed by atoms with Crippen LogP contribution < -0.4 is 4.74 Å². The molecule has 0 unspecified atom stereocenters. The minimum Gasteiger partial charge on any atom is -0.486 e. The van der Waals surface area contributed by atoms with Crippen molar-refractivity contribution in [2.75, 3.05) is 27.3 Å². The van der Waals surface area contributed by atoms with Crippen LogP contribution in [0.4, 0.5) is 0 Å². The second-order valence-corrected chi connectivity index (χ2v) is 6.14. The molecule has 0 fully saturated rings. The summed E-state index contributed by atoms with van der Waals surface area (Å²) in [5.74, 6) is 1.57. The molecular weight excluding hydrogens is 330 g/mol. The van der Waals surface area contributed by atoms with Crippen LogP contribution in [0.25, 0.3) is 10.8 Å². The van der Waals surface area contributed by atoms with Gasteiger partial charge >= 0.3 is 0 Å². The highest BCUT2D eigenvalue weighted by Gasteiger charge is 2.16. The lowest BCUT2D eigenvalue weighted by Gasteiger charge is -2.15. The molecule has 0 aliphatic heterocycles. The minimum atomic E-state index is -0.141. The lowest BCUT2D eigenvalue weighted by atomic mass is 10.1. The van der Waals surface area contributed by atoms with Gasteiger partial charge in [-0.2, -0.15) is 0 Å². The highest BCUT2D eigenvalue weighted by Crippen LogP contribution is 2.22. The van der Waals surface area contributed by atoms with Crippen molar-refractivity contribution in [3.05, 3.63) is 66.1 Å². The predicted molar refractivity (Wildman–Crippen MR) is 100 cm³/mol. The van der Waals surface area contributed by atoms with Crippen molar-refractivity contribution in [1.29, 1.82) is 0 Å². The zero-order valence-electron chi connectivity index (χ0n) is 15.1. The van der Waals surface area contributed by atoms with E-state index in [9.17, 15) is 4.79 Å². The summed E-state index contributed by atoms with van der Waals surface area (Å²) in [7, 11) is 3.40. The number of rotatable bonds is 8. The van der Waals surface area contributed by atoms with Crippen LogP contribution >= 0.6 is 0 Å². The van der Waals surface area contributed by atoms with E-state index in [0.29, 0.717) is 24.7 Å². The van der Waals surface area contributed by atoms with Gasteiger partial charge in [0.1, 0.15) is 18.1 Å². The standard InChI is InChI=1S/C21H23NO4/c1-22(12-5-13-24-2)21(23)20-11-10-19(26-20)15-25-18-9-8-16-6-3-4-7-17(16)14-18/h3-4,6-11,14H,5,12-13,15H2,1-2H3. The molecule has 0 saturated heterocycles. The molecule has 26 heavy (non-hydrogen) atoms. The Balaban J connectivity index is 1.58. The number of nitrogens with zero attached hydrogens (tertiary/aromatic N) is 1. The summed E-state index contributed by atoms with van der Waals surface area (Å²) in [6.45, 7) is 1.52. The average molecular weight is 353 g/mol. The Bertz CT molecular complexity index is 871. The van der Waals surface area contributed by atoms with Gasteiger partial charge in [0.15, 0.2) is 5.76 Å². The number of fused-ring (bicyclic) bond motifs is 1. The predicted octanol–water partition coefficient (Wildman–Crippen LogP) is 4.12. The summed E-state index contributed by atoms with van der Waals surface area (Å²) < 4.78 is 16.4. The summed E-state index contributed by atoms with van der Waals surface area (Å²) >= 11 is 0. The molecule has 0 saturated carbocycles. The first-order valence-corrected chi connectivity index (χ1v) is 8.62. The molecule has 2 aromatic carbocycles. The van der Waals surface area contributed by atoms with Gasteiger partial charge in [-0.25, -0.2) is 0 Å². The highest BCUT2D eigenvalue weighted by molar-refractivity contribution is 5.91. The largest absolute Gasteiger partial charge is 0.486 e. The van der Waals surface area contributed by atoms with E-state index in [0.717, 1.165) is 17.6 Å². The second-order valence-electron chi connectivity index (χ2n) is 6.14. The Morgan fingerprint density at radius 2 is 1.88 bits per heavy atom. The molecule has 3 rings (SSSR count). The van der Waals surface area contributed by atoms with Gasteiger partial charge in [0.05, 0.1) is 0 Å². The first-order valence-electron chi connectivity index (χ1n) is 8.62. The molecule has 1 amide bonds. The van der Waals surface area contributed by atoms with Gasteiger partial charge in [-0.05, 0) is 41.5 Å². The van der Waals surface area contributed by atoms with Crippen LogP contribution in [0, 0.1) is 0 Å². The quantitative estimate of drug-likeness (QED) is 0.572. The topological polar surface area (TPSA) is 51.9 Å². The van der Waals surface area contributed by atoms with Gasteiger partial charge in [-0.3, -0.25) is 4.79 Å². The molecule has 5 heteroatoms. The van der Waals surface area contributed by atoms with Gasteiger partial charge < -0.3 is 18.8 Å². The molecule has 0 N–H and O–H groups in total. The molecule has 0 spiro atoms. The number of carbonyl (C=O) groups is 1. The van der Waals surface area contributed by atoms with Gasteiger partial charge in [0.25, 0.3) is 5.91 Å². The molecule has 0 atom stereocenters. The fraction of sp³-hybridized carbons (Fsp3) is 0.286. The summed E-state index contributed by atoms with van der Waals surface area (Å²) in [4.78, 5) is 14.0. The lowest BCUT2D eigenvalue weighted by molar-refractivity contribution is 0.0744. The molecule has 0 bridgehead atoms. The lowest BCUT2D eigenvalue weighted by Crippen LogP contribution is -2.28. The average Bonchev–Trinajstić information content (AvgIpc) is 3.14. The van der Waals surface area contributed by atoms with Crippen molar-refractivity contribution in [2.45, 2.75) is 13.0 Å². The Kier molecular flexibility index (Phi) is 5.92. The maximum atomic E-state index is 12.3. The smallest absolute Gasteiger partial charge is 0.289 e. The number of furan rings is 1. The van der Waals surface area contributed by atoms with Crippen LogP contribution in [0.1, 0.15) is 22.7 Å². The van der Waals surface area contributed by atoms with E-state index in [4.69, 9.17) is 13.9 Å². The van der Waals surface area contributed by atoms with Crippen LogP contribution in [0.2, 0.25) is 0 Å². The van der Waals surface area contributed by atoms with E-state index < -0.39 is 0 Å². The van der Waals surface area contributed by atoms with Gasteiger partial charge in [-0.1, -0.05) is 30.3 Å². The summed E-state index contributed by atoms with van der Waals surface area (Å²) in [5.41, 5.74) is 0. The van der Waals surface area contributed by atoms with E-state index in [2.05, 4.69) is 6.07 Å². The highest BCUT2D eigenvalue weighted by atomic mass is 16.5. The van der Waals surface area contributed by atoms with E-state index in [1.165, 1.54) is 5.39 Å². The van der Waals surface area contributed by atoms with Crippen LogP contribution in [-0.4, -0.2) is 38.1 Å². The van der Waals surface area contributed by atoms with Gasteiger partial charge in [0.2, 0.25) is 0 Å². The summed E-state index contributed by atoms with van der Waals surface area (Å²) in [6, 6.07) is 17.5. The van der Waals surface area contributed by atoms with Crippen molar-refractivity contribution in [2.24, 2.45) is 0 Å². The number of amides is 1. The third-order valence-electron chi connectivity index (χ3n) is 4.16. The Labute approximate surface area is 153 Å². The molecule has 0 aliphatic rings. The molecular formula is C21H23NO4. The molecule has 0 aliphatic carbocycles. The van der Waals surface area contributed by atoms with E-state index in [-0.39, 0.29) is 12.5 Å². The molecule has 3 aromatic rings. The number of hydrogen-bond acceptors (Lipinski definition) is 4. The maximum Gasteiger partial charge on any atom is 0.289 e. The number of hydrogen-bond donors (Lipinski definition) is 0. The molecule has 5 nitrogen and oxygen atoms in total. The fourth-order valence-corrected chi connectivity index (χ4v) is 2.72. The molecule has 1 heterocycles. The van der Waals surface area contributed by atoms with E-state index >= 15 is 0 Å². The number of methoxy groups -OCH3 is 1. The first-order chi connectivity index (χ1) is 12.7. The zero-order valence-corrected chi connectivity index (χ0v) is 15.1. The van der Waals surface area contributed by atoms with Crippen molar-refractivity contribution in [3.8, 4) is 5.75 Å². The summed E-state index contributed by atoms with van der Waals surface area (Å²) in [5, 5.41) is 2.29. The Morgan fingerprint density at radius 3 is 2.69 bits per heavy atom. The first kappa shape index (κ1) is 18.0. The maximum absolute atomic E-state index is 12.3. The summed E-state index contributed by atoms with van der Waals surface area (Å²) in [6.07, 6.45) is 0.789. The van der Waals surface area contributed by atoms with Crippen molar-refractivity contribution in [3.63, 3.8) is 0 Å². The van der Waals surface area contributed by atoms with Crippen molar-refractivity contribution < 1.29 is 18.7 Å². The van der Waals surface area contributed by atoms with Gasteiger partial charge in [0, 0.05) is 27.3 Å². The van der Waals surface area contributed by atoms with Crippen molar-refractivity contribution in [1.82, 2.24) is 4.90 Å². The Hall–Kier alpha value is -2.79. The number of ether oxygens (including phenoxy) is 2. The van der Waals surface area contributed by atoms with Gasteiger partial charge in [-0.15, -0.1) is 0 Å². The number of carbonyl (C=O) groups excluding carboxylic acids is 1.